The van der Waals surface area contributed by atoms with E-state index in [0.717, 1.165) is 5.69 Å². The molecule has 0 aliphatic carbocycles. The summed E-state index contributed by atoms with van der Waals surface area (Å²) in [5, 5.41) is 0.155. The Morgan fingerprint density at radius 2 is 2.05 bits per heavy atom. The van der Waals surface area contributed by atoms with Crippen molar-refractivity contribution in [2.24, 2.45) is 0 Å². The van der Waals surface area contributed by atoms with Crippen LogP contribution in [-0.2, 0) is 16.6 Å². The van der Waals surface area contributed by atoms with Gasteiger partial charge in [-0.25, -0.2) is 13.1 Å². The summed E-state index contributed by atoms with van der Waals surface area (Å²) in [6.45, 7) is 1.87. The molecule has 0 aliphatic heterocycles. The Kier molecular flexibility index (Phi) is 4.74. The molecule has 0 saturated carbocycles. The average Bonchev–Trinajstić information content (AvgIpc) is 2.37. The fourth-order valence-corrected chi connectivity index (χ4v) is 3.48. The van der Waals surface area contributed by atoms with Crippen LogP contribution in [0.5, 0.6) is 0 Å². The summed E-state index contributed by atoms with van der Waals surface area (Å²) in [4.78, 5) is 8.16. The van der Waals surface area contributed by atoms with E-state index < -0.39 is 10.0 Å². The van der Waals surface area contributed by atoms with Gasteiger partial charge in [-0.3, -0.25) is 9.97 Å². The highest BCUT2D eigenvalue weighted by molar-refractivity contribution is 9.10. The van der Waals surface area contributed by atoms with Crippen molar-refractivity contribution in [2.45, 2.75) is 18.4 Å². The van der Waals surface area contributed by atoms with Crippen molar-refractivity contribution < 1.29 is 8.42 Å². The summed E-state index contributed by atoms with van der Waals surface area (Å²) < 4.78 is 27.4. The summed E-state index contributed by atoms with van der Waals surface area (Å²) in [6.07, 6.45) is 3.11. The second-order valence-electron chi connectivity index (χ2n) is 4.05. The summed E-state index contributed by atoms with van der Waals surface area (Å²) in [6, 6.07) is 4.59. The molecule has 20 heavy (non-hydrogen) atoms. The number of hydrogen-bond donors (Lipinski definition) is 1. The van der Waals surface area contributed by atoms with Crippen molar-refractivity contribution in [3.8, 4) is 0 Å². The number of nitrogens with zero attached hydrogens (tertiary/aromatic N) is 2. The van der Waals surface area contributed by atoms with Gasteiger partial charge in [-0.15, -0.1) is 0 Å². The second-order valence-corrected chi connectivity index (χ2v) is 7.11. The number of halogens is 2. The van der Waals surface area contributed by atoms with E-state index in [0.29, 0.717) is 10.2 Å². The fraction of sp³-hybridized carbons (Fsp3) is 0.167. The topological polar surface area (TPSA) is 72.0 Å². The van der Waals surface area contributed by atoms with Crippen molar-refractivity contribution in [1.82, 2.24) is 14.7 Å². The maximum absolute atomic E-state index is 12.1. The van der Waals surface area contributed by atoms with Crippen molar-refractivity contribution in [3.05, 3.63) is 51.5 Å². The highest BCUT2D eigenvalue weighted by Crippen LogP contribution is 2.25. The van der Waals surface area contributed by atoms with Crippen LogP contribution in [-0.4, -0.2) is 18.4 Å². The molecule has 1 heterocycles. The monoisotopic (exact) mass is 375 g/mol. The van der Waals surface area contributed by atoms with Crippen LogP contribution in [0.25, 0.3) is 0 Å². The highest BCUT2D eigenvalue weighted by atomic mass is 79.9. The van der Waals surface area contributed by atoms with E-state index in [4.69, 9.17) is 11.6 Å². The van der Waals surface area contributed by atoms with E-state index in [9.17, 15) is 8.42 Å². The molecule has 0 amide bonds. The molecule has 0 unspecified atom stereocenters. The first-order valence-corrected chi connectivity index (χ1v) is 8.26. The third kappa shape index (κ3) is 3.76. The molecule has 0 aliphatic rings. The van der Waals surface area contributed by atoms with E-state index >= 15 is 0 Å². The molecule has 0 atom stereocenters. The third-order valence-electron chi connectivity index (χ3n) is 2.46. The van der Waals surface area contributed by atoms with E-state index in [2.05, 4.69) is 30.6 Å². The van der Waals surface area contributed by atoms with Crippen LogP contribution >= 0.6 is 27.5 Å². The van der Waals surface area contributed by atoms with E-state index in [1.807, 2.05) is 6.92 Å². The van der Waals surface area contributed by atoms with Gasteiger partial charge in [0.1, 0.15) is 4.90 Å². The van der Waals surface area contributed by atoms with Crippen LogP contribution in [0.4, 0.5) is 0 Å². The summed E-state index contributed by atoms with van der Waals surface area (Å²) in [5.41, 5.74) is 1.31. The third-order valence-corrected chi connectivity index (χ3v) is 4.84. The molecule has 8 heteroatoms. The van der Waals surface area contributed by atoms with Crippen molar-refractivity contribution >= 4 is 37.6 Å². The Morgan fingerprint density at radius 3 is 2.65 bits per heavy atom. The summed E-state index contributed by atoms with van der Waals surface area (Å²) in [5.74, 6) is 0. The molecule has 1 aromatic carbocycles. The van der Waals surface area contributed by atoms with Gasteiger partial charge in [0.25, 0.3) is 0 Å². The molecule has 0 fully saturated rings. The number of nitrogens with one attached hydrogen (secondary N) is 1. The predicted octanol–water partition coefficient (Wildman–Crippen LogP) is 2.68. The lowest BCUT2D eigenvalue weighted by Crippen LogP contribution is -2.24. The molecule has 106 valence electrons. The molecule has 1 N–H and O–H groups in total. The van der Waals surface area contributed by atoms with Gasteiger partial charge >= 0.3 is 0 Å². The van der Waals surface area contributed by atoms with Crippen LogP contribution in [0.3, 0.4) is 0 Å². The Hall–Kier alpha value is -1.02. The zero-order valence-corrected chi connectivity index (χ0v) is 13.6. The van der Waals surface area contributed by atoms with E-state index in [-0.39, 0.29) is 16.5 Å². The first-order valence-electron chi connectivity index (χ1n) is 5.61. The van der Waals surface area contributed by atoms with Crippen LogP contribution in [0.1, 0.15) is 11.4 Å². The largest absolute Gasteiger partial charge is 0.258 e. The van der Waals surface area contributed by atoms with E-state index in [1.165, 1.54) is 18.3 Å². The Bertz CT molecular complexity index is 720. The minimum atomic E-state index is -3.69. The van der Waals surface area contributed by atoms with Crippen LogP contribution in [0, 0.1) is 6.92 Å². The van der Waals surface area contributed by atoms with Gasteiger partial charge in [-0.05, 0) is 25.1 Å². The molecule has 5 nitrogen and oxygen atoms in total. The Balaban J connectivity index is 2.17. The molecule has 2 rings (SSSR count). The van der Waals surface area contributed by atoms with Gasteiger partial charge < -0.3 is 0 Å². The van der Waals surface area contributed by atoms with Crippen molar-refractivity contribution in [1.29, 1.82) is 0 Å². The van der Waals surface area contributed by atoms with Crippen LogP contribution < -0.4 is 4.72 Å². The summed E-state index contributed by atoms with van der Waals surface area (Å²) >= 11 is 9.17. The zero-order valence-electron chi connectivity index (χ0n) is 10.5. The van der Waals surface area contributed by atoms with Crippen LogP contribution in [0.2, 0.25) is 5.02 Å². The minimum absolute atomic E-state index is 0.0300. The van der Waals surface area contributed by atoms with Gasteiger partial charge in [0.05, 0.1) is 29.2 Å². The first-order chi connectivity index (χ1) is 9.38. The number of benzene rings is 1. The maximum atomic E-state index is 12.1. The molecule has 0 bridgehead atoms. The molecule has 0 saturated heterocycles. The number of aromatic nitrogens is 2. The first kappa shape index (κ1) is 15.4. The minimum Gasteiger partial charge on any atom is -0.258 e. The van der Waals surface area contributed by atoms with Gasteiger partial charge in [-0.2, -0.15) is 0 Å². The number of rotatable bonds is 4. The lowest BCUT2D eigenvalue weighted by atomic mass is 10.4. The number of aryl methyl sites for hydroxylation is 1. The molecule has 0 spiro atoms. The molecule has 0 radical (unpaired) electrons. The van der Waals surface area contributed by atoms with E-state index in [1.54, 1.807) is 12.3 Å². The van der Waals surface area contributed by atoms with Crippen LogP contribution in [0.15, 0.2) is 40.0 Å². The Labute approximate surface area is 130 Å². The fourth-order valence-electron chi connectivity index (χ4n) is 1.45. The molecule has 2 aromatic rings. The van der Waals surface area contributed by atoms with Gasteiger partial charge in [-0.1, -0.05) is 27.5 Å². The lowest BCUT2D eigenvalue weighted by Gasteiger charge is -2.08. The van der Waals surface area contributed by atoms with Crippen molar-refractivity contribution in [2.75, 3.05) is 0 Å². The SMILES string of the molecule is Cc1cnc(CNS(=O)(=O)c2ccc(Br)cc2Cl)cn1. The maximum Gasteiger partial charge on any atom is 0.242 e. The smallest absolute Gasteiger partial charge is 0.242 e. The normalized spacial score (nSPS) is 11.6. The number of hydrogen-bond acceptors (Lipinski definition) is 4. The van der Waals surface area contributed by atoms with Gasteiger partial charge in [0, 0.05) is 10.7 Å². The molecular formula is C12H11BrClN3O2S. The summed E-state index contributed by atoms with van der Waals surface area (Å²) in [7, 11) is -3.69. The standard InChI is InChI=1S/C12H11BrClN3O2S/c1-8-5-16-10(6-15-8)7-17-20(18,19)12-3-2-9(13)4-11(12)14/h2-6,17H,7H2,1H3. The molecule has 1 aromatic heterocycles. The lowest BCUT2D eigenvalue weighted by molar-refractivity contribution is 0.580. The number of sulfonamides is 1. The van der Waals surface area contributed by atoms with Crippen molar-refractivity contribution in [3.63, 3.8) is 0 Å². The van der Waals surface area contributed by atoms with Gasteiger partial charge in [0.2, 0.25) is 10.0 Å². The zero-order chi connectivity index (χ0) is 14.8. The Morgan fingerprint density at radius 1 is 1.30 bits per heavy atom. The second kappa shape index (κ2) is 6.17. The average molecular weight is 377 g/mol. The predicted molar refractivity (Wildman–Crippen MR) is 79.9 cm³/mol. The quantitative estimate of drug-likeness (QED) is 0.890. The highest BCUT2D eigenvalue weighted by Gasteiger charge is 2.17. The van der Waals surface area contributed by atoms with Gasteiger partial charge in [0.15, 0.2) is 0 Å². The molecular weight excluding hydrogens is 366 g/mol.